The van der Waals surface area contributed by atoms with Crippen LogP contribution in [0.3, 0.4) is 0 Å². The van der Waals surface area contributed by atoms with Crippen molar-refractivity contribution in [1.29, 1.82) is 0 Å². The highest BCUT2D eigenvalue weighted by Crippen LogP contribution is 2.45. The lowest BCUT2D eigenvalue weighted by molar-refractivity contribution is -0.125. The van der Waals surface area contributed by atoms with Crippen LogP contribution in [0.5, 0.6) is 0 Å². The minimum atomic E-state index is -0.380. The molecule has 22 heavy (non-hydrogen) atoms. The van der Waals surface area contributed by atoms with E-state index in [1.165, 1.54) is 11.1 Å². The maximum Gasteiger partial charge on any atom is 0.232 e. The number of hydrogen-bond acceptors (Lipinski definition) is 1. The van der Waals surface area contributed by atoms with E-state index in [1.54, 1.807) is 0 Å². The average molecular weight is 293 g/mol. The second-order valence-corrected chi connectivity index (χ2v) is 7.36. The van der Waals surface area contributed by atoms with Gasteiger partial charge in [0.25, 0.3) is 0 Å². The van der Waals surface area contributed by atoms with Crippen LogP contribution in [-0.2, 0) is 10.2 Å². The zero-order valence-corrected chi connectivity index (χ0v) is 13.8. The Hall–Kier alpha value is -2.09. The Kier molecular flexibility index (Phi) is 3.36. The molecule has 0 fully saturated rings. The Bertz CT molecular complexity index is 699. The lowest BCUT2D eigenvalue weighted by Crippen LogP contribution is -2.41. The van der Waals surface area contributed by atoms with Crippen molar-refractivity contribution in [2.24, 2.45) is 5.41 Å². The van der Waals surface area contributed by atoms with E-state index in [0.29, 0.717) is 6.54 Å². The van der Waals surface area contributed by atoms with Crippen molar-refractivity contribution in [2.75, 3.05) is 11.4 Å². The Morgan fingerprint density at radius 2 is 1.59 bits per heavy atom. The summed E-state index contributed by atoms with van der Waals surface area (Å²) in [5, 5.41) is 0. The molecule has 1 atom stereocenters. The normalized spacial score (nSPS) is 20.8. The number of rotatable bonds is 1. The molecule has 1 unspecified atom stereocenters. The molecule has 0 saturated heterocycles. The van der Waals surface area contributed by atoms with E-state index in [4.69, 9.17) is 0 Å². The highest BCUT2D eigenvalue weighted by atomic mass is 16.2. The van der Waals surface area contributed by atoms with Crippen molar-refractivity contribution in [3.63, 3.8) is 0 Å². The molecular formula is C20H23NO. The van der Waals surface area contributed by atoms with E-state index >= 15 is 0 Å². The lowest BCUT2D eigenvalue weighted by Gasteiger charge is -2.29. The SMILES string of the molecule is CC(C)(C)C(=O)N1CC(C)(c2ccccc2)c2ccccc21. The summed E-state index contributed by atoms with van der Waals surface area (Å²) < 4.78 is 0. The van der Waals surface area contributed by atoms with Gasteiger partial charge in [-0.25, -0.2) is 0 Å². The molecule has 114 valence electrons. The summed E-state index contributed by atoms with van der Waals surface area (Å²) in [6.07, 6.45) is 0. The Balaban J connectivity index is 2.12. The highest BCUT2D eigenvalue weighted by Gasteiger charge is 2.44. The first-order valence-corrected chi connectivity index (χ1v) is 7.81. The molecule has 3 rings (SSSR count). The van der Waals surface area contributed by atoms with Gasteiger partial charge in [0.15, 0.2) is 0 Å². The maximum absolute atomic E-state index is 12.9. The van der Waals surface area contributed by atoms with Crippen LogP contribution in [0.1, 0.15) is 38.8 Å². The molecule has 0 aromatic heterocycles. The predicted molar refractivity (Wildman–Crippen MR) is 91.1 cm³/mol. The molecule has 2 nitrogen and oxygen atoms in total. The van der Waals surface area contributed by atoms with Crippen LogP contribution in [-0.4, -0.2) is 12.5 Å². The Morgan fingerprint density at radius 3 is 2.23 bits per heavy atom. The highest BCUT2D eigenvalue weighted by molar-refractivity contribution is 5.99. The molecule has 2 heteroatoms. The molecule has 0 spiro atoms. The molecule has 2 aromatic carbocycles. The number of amides is 1. The maximum atomic E-state index is 12.9. The number of hydrogen-bond donors (Lipinski definition) is 0. The van der Waals surface area contributed by atoms with E-state index in [9.17, 15) is 4.79 Å². The van der Waals surface area contributed by atoms with Gasteiger partial charge in [-0.2, -0.15) is 0 Å². The van der Waals surface area contributed by atoms with Gasteiger partial charge in [0.1, 0.15) is 0 Å². The Morgan fingerprint density at radius 1 is 1.00 bits per heavy atom. The van der Waals surface area contributed by atoms with Gasteiger partial charge in [0.2, 0.25) is 5.91 Å². The second kappa shape index (κ2) is 4.98. The second-order valence-electron chi connectivity index (χ2n) is 7.36. The molecule has 0 radical (unpaired) electrons. The predicted octanol–water partition coefficient (Wildman–Crippen LogP) is 4.39. The van der Waals surface area contributed by atoms with Crippen LogP contribution in [0.2, 0.25) is 0 Å². The quantitative estimate of drug-likeness (QED) is 0.764. The van der Waals surface area contributed by atoms with Crippen LogP contribution >= 0.6 is 0 Å². The number of carbonyl (C=O) groups excluding carboxylic acids is 1. The van der Waals surface area contributed by atoms with E-state index in [1.807, 2.05) is 37.8 Å². The summed E-state index contributed by atoms with van der Waals surface area (Å²) in [4.78, 5) is 14.8. The molecule has 2 aromatic rings. The monoisotopic (exact) mass is 293 g/mol. The zero-order chi connectivity index (χ0) is 16.0. The first kappa shape index (κ1) is 14.8. The van der Waals surface area contributed by atoms with Crippen molar-refractivity contribution in [3.05, 3.63) is 65.7 Å². The van der Waals surface area contributed by atoms with Crippen molar-refractivity contribution >= 4 is 11.6 Å². The summed E-state index contributed by atoms with van der Waals surface area (Å²) in [6.45, 7) is 8.88. The lowest BCUT2D eigenvalue weighted by atomic mass is 9.78. The van der Waals surface area contributed by atoms with E-state index < -0.39 is 0 Å². The van der Waals surface area contributed by atoms with Crippen LogP contribution in [0.15, 0.2) is 54.6 Å². The van der Waals surface area contributed by atoms with Gasteiger partial charge >= 0.3 is 0 Å². The summed E-state index contributed by atoms with van der Waals surface area (Å²) in [5.41, 5.74) is 3.01. The van der Waals surface area contributed by atoms with Crippen LogP contribution in [0.25, 0.3) is 0 Å². The smallest absolute Gasteiger partial charge is 0.232 e. The standard InChI is InChI=1S/C20H23NO/c1-19(2,3)18(22)21-14-20(4,15-10-6-5-7-11-15)16-12-8-9-13-17(16)21/h5-13H,14H2,1-4H3. The summed E-state index contributed by atoms with van der Waals surface area (Å²) in [5.74, 6) is 0.180. The van der Waals surface area contributed by atoms with Crippen LogP contribution in [0, 0.1) is 5.41 Å². The number of anilines is 1. The number of fused-ring (bicyclic) bond motifs is 1. The molecule has 1 heterocycles. The molecule has 0 aliphatic carbocycles. The van der Waals surface area contributed by atoms with Crippen LogP contribution in [0.4, 0.5) is 5.69 Å². The first-order valence-electron chi connectivity index (χ1n) is 7.81. The van der Waals surface area contributed by atoms with Crippen molar-refractivity contribution in [1.82, 2.24) is 0 Å². The topological polar surface area (TPSA) is 20.3 Å². The molecule has 0 N–H and O–H groups in total. The average Bonchev–Trinajstić information content (AvgIpc) is 2.82. The van der Waals surface area contributed by atoms with Gasteiger partial charge in [-0.05, 0) is 24.1 Å². The summed E-state index contributed by atoms with van der Waals surface area (Å²) in [6, 6.07) is 18.8. The van der Waals surface area contributed by atoms with E-state index in [-0.39, 0.29) is 16.7 Å². The number of nitrogens with zero attached hydrogens (tertiary/aromatic N) is 1. The molecule has 1 aliphatic heterocycles. The molecule has 0 saturated carbocycles. The molecule has 0 bridgehead atoms. The number of para-hydroxylation sites is 1. The number of benzene rings is 2. The fraction of sp³-hybridized carbons (Fsp3) is 0.350. The van der Waals surface area contributed by atoms with E-state index in [2.05, 4.69) is 49.4 Å². The molecular weight excluding hydrogens is 270 g/mol. The van der Waals surface area contributed by atoms with Crippen LogP contribution < -0.4 is 4.90 Å². The fourth-order valence-corrected chi connectivity index (χ4v) is 3.30. The zero-order valence-electron chi connectivity index (χ0n) is 13.8. The minimum absolute atomic E-state index is 0.154. The minimum Gasteiger partial charge on any atom is -0.310 e. The largest absolute Gasteiger partial charge is 0.310 e. The van der Waals surface area contributed by atoms with Crippen molar-refractivity contribution in [3.8, 4) is 0 Å². The van der Waals surface area contributed by atoms with Gasteiger partial charge < -0.3 is 4.90 Å². The van der Waals surface area contributed by atoms with Crippen molar-refractivity contribution in [2.45, 2.75) is 33.1 Å². The third kappa shape index (κ3) is 2.23. The third-order valence-corrected chi connectivity index (χ3v) is 4.56. The van der Waals surface area contributed by atoms with Gasteiger partial charge in [-0.15, -0.1) is 0 Å². The van der Waals surface area contributed by atoms with Gasteiger partial charge in [-0.3, -0.25) is 4.79 Å². The molecule has 1 amide bonds. The number of carbonyl (C=O) groups is 1. The van der Waals surface area contributed by atoms with Gasteiger partial charge in [0, 0.05) is 23.1 Å². The van der Waals surface area contributed by atoms with Gasteiger partial charge in [0.05, 0.1) is 0 Å². The van der Waals surface area contributed by atoms with Gasteiger partial charge in [-0.1, -0.05) is 69.3 Å². The Labute approximate surface area is 132 Å². The first-order chi connectivity index (χ1) is 10.3. The summed E-state index contributed by atoms with van der Waals surface area (Å²) in [7, 11) is 0. The van der Waals surface area contributed by atoms with Crippen molar-refractivity contribution < 1.29 is 4.79 Å². The summed E-state index contributed by atoms with van der Waals surface area (Å²) >= 11 is 0. The third-order valence-electron chi connectivity index (χ3n) is 4.56. The molecule has 1 aliphatic rings. The van der Waals surface area contributed by atoms with E-state index in [0.717, 1.165) is 5.69 Å². The fourth-order valence-electron chi connectivity index (χ4n) is 3.30.